The molecule has 1 aliphatic rings. The van der Waals surface area contributed by atoms with Crippen LogP contribution in [0.3, 0.4) is 0 Å². The van der Waals surface area contributed by atoms with Crippen LogP contribution in [0.2, 0.25) is 0 Å². The molecule has 1 aromatic heterocycles. The molecule has 3 rings (SSSR count). The summed E-state index contributed by atoms with van der Waals surface area (Å²) in [4.78, 5) is 4.37. The lowest BCUT2D eigenvalue weighted by Crippen LogP contribution is -2.18. The standard InChI is InChI=1S/C15H20FN3/c1-10-5-3-2-4-6-13(10)19-14-9-11(16)7-8-12(14)18-15(19)17/h7-10,13H,2-6H2,1H3,(H2,17,18). The van der Waals surface area contributed by atoms with Gasteiger partial charge in [0.1, 0.15) is 5.82 Å². The number of anilines is 1. The van der Waals surface area contributed by atoms with Gasteiger partial charge >= 0.3 is 0 Å². The first-order chi connectivity index (χ1) is 9.16. The number of aromatic nitrogens is 2. The van der Waals surface area contributed by atoms with E-state index in [0.29, 0.717) is 17.9 Å². The Morgan fingerprint density at radius 3 is 2.89 bits per heavy atom. The fourth-order valence-electron chi connectivity index (χ4n) is 3.29. The summed E-state index contributed by atoms with van der Waals surface area (Å²) in [5, 5.41) is 0. The zero-order valence-corrected chi connectivity index (χ0v) is 11.3. The zero-order valence-electron chi connectivity index (χ0n) is 11.3. The Morgan fingerprint density at radius 2 is 2.05 bits per heavy atom. The second kappa shape index (κ2) is 4.83. The Morgan fingerprint density at radius 1 is 1.26 bits per heavy atom. The number of nitrogens with two attached hydrogens (primary N) is 1. The Bertz CT molecular complexity index is 590. The lowest BCUT2D eigenvalue weighted by Gasteiger charge is -2.24. The second-order valence-corrected chi connectivity index (χ2v) is 5.66. The van der Waals surface area contributed by atoms with Gasteiger partial charge in [-0.25, -0.2) is 9.37 Å². The Balaban J connectivity index is 2.12. The molecule has 2 N–H and O–H groups in total. The summed E-state index contributed by atoms with van der Waals surface area (Å²) in [6, 6.07) is 5.04. The van der Waals surface area contributed by atoms with Crippen LogP contribution < -0.4 is 5.73 Å². The van der Waals surface area contributed by atoms with Gasteiger partial charge in [0, 0.05) is 6.04 Å². The summed E-state index contributed by atoms with van der Waals surface area (Å²) in [7, 11) is 0. The van der Waals surface area contributed by atoms with Gasteiger partial charge in [0.05, 0.1) is 11.0 Å². The normalized spacial score (nSPS) is 24.5. The molecular weight excluding hydrogens is 241 g/mol. The molecule has 102 valence electrons. The first-order valence-corrected chi connectivity index (χ1v) is 7.10. The van der Waals surface area contributed by atoms with E-state index < -0.39 is 0 Å². The molecule has 2 unspecified atom stereocenters. The molecule has 0 spiro atoms. The average molecular weight is 261 g/mol. The monoisotopic (exact) mass is 261 g/mol. The highest BCUT2D eigenvalue weighted by molar-refractivity contribution is 5.78. The SMILES string of the molecule is CC1CCCCCC1n1c(N)nc2ccc(F)cc21. The van der Waals surface area contributed by atoms with Crippen molar-refractivity contribution in [2.24, 2.45) is 5.92 Å². The van der Waals surface area contributed by atoms with Gasteiger partial charge in [-0.15, -0.1) is 0 Å². The van der Waals surface area contributed by atoms with E-state index in [9.17, 15) is 4.39 Å². The second-order valence-electron chi connectivity index (χ2n) is 5.66. The Kier molecular flexibility index (Phi) is 3.17. The van der Waals surface area contributed by atoms with Crippen molar-refractivity contribution in [3.05, 3.63) is 24.0 Å². The molecule has 0 bridgehead atoms. The topological polar surface area (TPSA) is 43.8 Å². The number of hydrogen-bond donors (Lipinski definition) is 1. The van der Waals surface area contributed by atoms with Crippen LogP contribution in [0.15, 0.2) is 18.2 Å². The van der Waals surface area contributed by atoms with E-state index in [-0.39, 0.29) is 5.82 Å². The molecule has 3 nitrogen and oxygen atoms in total. The van der Waals surface area contributed by atoms with Gasteiger partial charge in [0.25, 0.3) is 0 Å². The molecule has 2 atom stereocenters. The number of nitrogen functional groups attached to an aromatic ring is 1. The summed E-state index contributed by atoms with van der Waals surface area (Å²) in [6.45, 7) is 2.26. The van der Waals surface area contributed by atoms with E-state index in [4.69, 9.17) is 5.73 Å². The molecule has 1 aliphatic carbocycles. The zero-order chi connectivity index (χ0) is 13.4. The van der Waals surface area contributed by atoms with Crippen LogP contribution in [0.4, 0.5) is 10.3 Å². The molecule has 2 aromatic rings. The maximum Gasteiger partial charge on any atom is 0.201 e. The number of halogens is 1. The molecule has 0 amide bonds. The number of rotatable bonds is 1. The molecule has 4 heteroatoms. The van der Waals surface area contributed by atoms with E-state index in [1.165, 1.54) is 31.7 Å². The van der Waals surface area contributed by atoms with Crippen LogP contribution in [-0.2, 0) is 0 Å². The Hall–Kier alpha value is -1.58. The van der Waals surface area contributed by atoms with E-state index in [2.05, 4.69) is 16.5 Å². The van der Waals surface area contributed by atoms with Crippen LogP contribution in [-0.4, -0.2) is 9.55 Å². The maximum absolute atomic E-state index is 13.5. The fraction of sp³-hybridized carbons (Fsp3) is 0.533. The third-order valence-electron chi connectivity index (χ3n) is 4.33. The van der Waals surface area contributed by atoms with Crippen LogP contribution in [0.5, 0.6) is 0 Å². The van der Waals surface area contributed by atoms with E-state index >= 15 is 0 Å². The number of fused-ring (bicyclic) bond motifs is 1. The highest BCUT2D eigenvalue weighted by Gasteiger charge is 2.25. The van der Waals surface area contributed by atoms with Crippen molar-refractivity contribution in [2.75, 3.05) is 5.73 Å². The van der Waals surface area contributed by atoms with Crippen LogP contribution >= 0.6 is 0 Å². The lowest BCUT2D eigenvalue weighted by atomic mass is 9.96. The first kappa shape index (κ1) is 12.5. The van der Waals surface area contributed by atoms with Crippen molar-refractivity contribution in [3.63, 3.8) is 0 Å². The fourth-order valence-corrected chi connectivity index (χ4v) is 3.29. The molecule has 0 radical (unpaired) electrons. The molecule has 0 saturated heterocycles. The lowest BCUT2D eigenvalue weighted by molar-refractivity contribution is 0.344. The van der Waals surface area contributed by atoms with Crippen LogP contribution in [0, 0.1) is 11.7 Å². The highest BCUT2D eigenvalue weighted by atomic mass is 19.1. The first-order valence-electron chi connectivity index (χ1n) is 7.10. The third kappa shape index (κ3) is 2.20. The number of hydrogen-bond acceptors (Lipinski definition) is 2. The van der Waals surface area contributed by atoms with Crippen molar-refractivity contribution >= 4 is 17.0 Å². The smallest absolute Gasteiger partial charge is 0.201 e. The van der Waals surface area contributed by atoms with Crippen molar-refractivity contribution in [1.82, 2.24) is 9.55 Å². The predicted molar refractivity (Wildman–Crippen MR) is 75.4 cm³/mol. The molecular formula is C15H20FN3. The van der Waals surface area contributed by atoms with Crippen LogP contribution in [0.1, 0.15) is 45.1 Å². The van der Waals surface area contributed by atoms with Gasteiger partial charge in [-0.1, -0.05) is 26.2 Å². The van der Waals surface area contributed by atoms with Crippen LogP contribution in [0.25, 0.3) is 11.0 Å². The average Bonchev–Trinajstić information content (AvgIpc) is 2.55. The molecule has 1 aromatic carbocycles. The maximum atomic E-state index is 13.5. The van der Waals surface area contributed by atoms with Gasteiger partial charge in [-0.3, -0.25) is 0 Å². The molecule has 1 heterocycles. The van der Waals surface area contributed by atoms with E-state index in [1.807, 2.05) is 0 Å². The Labute approximate surface area is 112 Å². The van der Waals surface area contributed by atoms with Gasteiger partial charge < -0.3 is 10.3 Å². The minimum absolute atomic E-state index is 0.227. The van der Waals surface area contributed by atoms with E-state index in [0.717, 1.165) is 17.5 Å². The van der Waals surface area contributed by atoms with Gasteiger partial charge in [-0.2, -0.15) is 0 Å². The quantitative estimate of drug-likeness (QED) is 0.791. The van der Waals surface area contributed by atoms with Gasteiger partial charge in [0.2, 0.25) is 5.95 Å². The number of nitrogens with zero attached hydrogens (tertiary/aromatic N) is 2. The largest absolute Gasteiger partial charge is 0.369 e. The minimum Gasteiger partial charge on any atom is -0.369 e. The predicted octanol–water partition coefficient (Wildman–Crippen LogP) is 3.90. The van der Waals surface area contributed by atoms with Crippen molar-refractivity contribution < 1.29 is 4.39 Å². The molecule has 0 aliphatic heterocycles. The van der Waals surface area contributed by atoms with Crippen molar-refractivity contribution in [2.45, 2.75) is 45.1 Å². The number of imidazole rings is 1. The van der Waals surface area contributed by atoms with Crippen molar-refractivity contribution in [3.8, 4) is 0 Å². The summed E-state index contributed by atoms with van der Waals surface area (Å²) in [5.41, 5.74) is 7.69. The molecule has 1 saturated carbocycles. The summed E-state index contributed by atoms with van der Waals surface area (Å²) in [5.74, 6) is 0.847. The highest BCUT2D eigenvalue weighted by Crippen LogP contribution is 2.36. The van der Waals surface area contributed by atoms with Crippen molar-refractivity contribution in [1.29, 1.82) is 0 Å². The summed E-state index contributed by atoms with van der Waals surface area (Å²) >= 11 is 0. The van der Waals surface area contributed by atoms with Gasteiger partial charge in [-0.05, 0) is 37.0 Å². The molecule has 19 heavy (non-hydrogen) atoms. The summed E-state index contributed by atoms with van der Waals surface area (Å²) < 4.78 is 15.5. The summed E-state index contributed by atoms with van der Waals surface area (Å²) in [6.07, 6.45) is 6.08. The minimum atomic E-state index is -0.227. The third-order valence-corrected chi connectivity index (χ3v) is 4.33. The van der Waals surface area contributed by atoms with E-state index in [1.54, 1.807) is 12.1 Å². The molecule has 1 fully saturated rings. The van der Waals surface area contributed by atoms with Gasteiger partial charge in [0.15, 0.2) is 0 Å². The number of benzene rings is 1.